The second-order valence-electron chi connectivity index (χ2n) is 6.47. The molecule has 8 nitrogen and oxygen atoms in total. The molecule has 0 bridgehead atoms. The number of nitrogens with one attached hydrogen (secondary N) is 2. The quantitative estimate of drug-likeness (QED) is 0.799. The summed E-state index contributed by atoms with van der Waals surface area (Å²) in [7, 11) is 0. The molecule has 136 valence electrons. The number of amides is 1. The Morgan fingerprint density at radius 1 is 1.19 bits per heavy atom. The Kier molecular flexibility index (Phi) is 4.57. The summed E-state index contributed by atoms with van der Waals surface area (Å²) < 4.78 is 10.6. The molecular formula is C18H22N5O3+. The number of carbonyl (C=O) groups excluding carboxylic acids is 1. The molecule has 1 amide bonds. The fraction of sp³-hybridized carbons (Fsp3) is 0.389. The van der Waals surface area contributed by atoms with Gasteiger partial charge in [-0.25, -0.2) is 9.97 Å². The lowest BCUT2D eigenvalue weighted by atomic mass is 10.2. The first-order valence-corrected chi connectivity index (χ1v) is 8.78. The average molecular weight is 356 g/mol. The molecule has 2 aliphatic rings. The molecular weight excluding hydrogens is 334 g/mol. The summed E-state index contributed by atoms with van der Waals surface area (Å²) in [6, 6.07) is 7.12. The van der Waals surface area contributed by atoms with Gasteiger partial charge in [0.2, 0.25) is 12.7 Å². The van der Waals surface area contributed by atoms with Crippen LogP contribution in [0.3, 0.4) is 0 Å². The molecule has 2 aliphatic heterocycles. The number of hydrogen-bond acceptors (Lipinski definition) is 6. The highest BCUT2D eigenvalue weighted by molar-refractivity contribution is 5.94. The molecule has 0 aliphatic carbocycles. The Morgan fingerprint density at radius 2 is 1.92 bits per heavy atom. The number of quaternary nitrogens is 1. The molecule has 0 spiro atoms. The van der Waals surface area contributed by atoms with Crippen LogP contribution < -0.4 is 24.6 Å². The standard InChI is InChI=1S/C18H21N5O3/c1-13(17(24)21-14-3-4-15-16(11-14)26-12-25-15)22-7-9-23(10-8-22)18-19-5-2-6-20-18/h2-6,11,13H,7-10,12H2,1H3,(H,21,24)/p+1/t13-/m1/s1. The molecule has 2 aromatic rings. The molecule has 1 fully saturated rings. The van der Waals surface area contributed by atoms with Gasteiger partial charge in [0.25, 0.3) is 5.91 Å². The molecule has 1 atom stereocenters. The Bertz CT molecular complexity index is 778. The minimum Gasteiger partial charge on any atom is -0.454 e. The van der Waals surface area contributed by atoms with E-state index in [2.05, 4.69) is 20.2 Å². The van der Waals surface area contributed by atoms with Crippen LogP contribution in [0.1, 0.15) is 6.92 Å². The number of piperazine rings is 1. The van der Waals surface area contributed by atoms with Crippen molar-refractivity contribution in [1.29, 1.82) is 0 Å². The van der Waals surface area contributed by atoms with Crippen LogP contribution in [0.15, 0.2) is 36.7 Å². The fourth-order valence-electron chi connectivity index (χ4n) is 3.29. The van der Waals surface area contributed by atoms with Gasteiger partial charge in [-0.1, -0.05) is 0 Å². The number of benzene rings is 1. The van der Waals surface area contributed by atoms with Gasteiger partial charge in [0.15, 0.2) is 17.5 Å². The first-order chi connectivity index (χ1) is 12.7. The van der Waals surface area contributed by atoms with Gasteiger partial charge in [0.05, 0.1) is 26.2 Å². The van der Waals surface area contributed by atoms with E-state index < -0.39 is 0 Å². The maximum absolute atomic E-state index is 12.6. The number of aromatic nitrogens is 2. The van der Waals surface area contributed by atoms with Gasteiger partial charge in [-0.15, -0.1) is 0 Å². The molecule has 0 saturated carbocycles. The Balaban J connectivity index is 1.33. The predicted molar refractivity (Wildman–Crippen MR) is 95.6 cm³/mol. The molecule has 2 N–H and O–H groups in total. The van der Waals surface area contributed by atoms with Crippen LogP contribution in [0.4, 0.5) is 11.6 Å². The number of fused-ring (bicyclic) bond motifs is 1. The number of hydrogen-bond donors (Lipinski definition) is 2. The second kappa shape index (κ2) is 7.17. The van der Waals surface area contributed by atoms with Crippen LogP contribution in [0.2, 0.25) is 0 Å². The molecule has 26 heavy (non-hydrogen) atoms. The van der Waals surface area contributed by atoms with Gasteiger partial charge >= 0.3 is 0 Å². The van der Waals surface area contributed by atoms with Crippen molar-refractivity contribution in [2.75, 3.05) is 43.2 Å². The van der Waals surface area contributed by atoms with Gasteiger partial charge in [-0.3, -0.25) is 4.79 Å². The lowest BCUT2D eigenvalue weighted by molar-refractivity contribution is -0.914. The van der Waals surface area contributed by atoms with Crippen molar-refractivity contribution in [3.05, 3.63) is 36.7 Å². The van der Waals surface area contributed by atoms with Gasteiger partial charge < -0.3 is 24.6 Å². The fourth-order valence-corrected chi connectivity index (χ4v) is 3.29. The highest BCUT2D eigenvalue weighted by Crippen LogP contribution is 2.34. The Morgan fingerprint density at radius 3 is 2.69 bits per heavy atom. The summed E-state index contributed by atoms with van der Waals surface area (Å²) in [6.45, 7) is 5.60. The smallest absolute Gasteiger partial charge is 0.282 e. The highest BCUT2D eigenvalue weighted by atomic mass is 16.7. The SMILES string of the molecule is C[C@H](C(=O)Nc1ccc2c(c1)OCO2)[NH+]1CCN(c2ncccn2)CC1. The molecule has 0 radical (unpaired) electrons. The third kappa shape index (κ3) is 3.41. The molecule has 4 rings (SSSR count). The molecule has 1 aromatic heterocycles. The van der Waals surface area contributed by atoms with E-state index in [9.17, 15) is 4.79 Å². The topological polar surface area (TPSA) is 81.0 Å². The molecule has 1 saturated heterocycles. The summed E-state index contributed by atoms with van der Waals surface area (Å²) in [5, 5.41) is 2.98. The van der Waals surface area contributed by atoms with E-state index in [1.54, 1.807) is 18.5 Å². The average Bonchev–Trinajstić information content (AvgIpc) is 3.16. The van der Waals surface area contributed by atoms with E-state index in [1.807, 2.05) is 25.1 Å². The monoisotopic (exact) mass is 356 g/mol. The first-order valence-electron chi connectivity index (χ1n) is 8.78. The summed E-state index contributed by atoms with van der Waals surface area (Å²) in [5.41, 5.74) is 0.724. The first kappa shape index (κ1) is 16.6. The van der Waals surface area contributed by atoms with Gasteiger partial charge in [-0.2, -0.15) is 0 Å². The Labute approximate surface area is 151 Å². The van der Waals surface area contributed by atoms with Gasteiger partial charge in [0, 0.05) is 24.1 Å². The molecule has 1 aromatic carbocycles. The minimum absolute atomic E-state index is 0.00303. The van der Waals surface area contributed by atoms with E-state index in [4.69, 9.17) is 9.47 Å². The van der Waals surface area contributed by atoms with Crippen molar-refractivity contribution < 1.29 is 19.2 Å². The van der Waals surface area contributed by atoms with E-state index >= 15 is 0 Å². The van der Waals surface area contributed by atoms with Crippen LogP contribution in [-0.4, -0.2) is 54.9 Å². The van der Waals surface area contributed by atoms with Crippen LogP contribution in [-0.2, 0) is 4.79 Å². The highest BCUT2D eigenvalue weighted by Gasteiger charge is 2.30. The number of rotatable bonds is 4. The number of nitrogens with zero attached hydrogens (tertiary/aromatic N) is 3. The molecule has 3 heterocycles. The number of ether oxygens (including phenoxy) is 2. The van der Waals surface area contributed by atoms with Gasteiger partial charge in [0.1, 0.15) is 0 Å². The minimum atomic E-state index is -0.140. The third-order valence-electron chi connectivity index (χ3n) is 4.89. The summed E-state index contributed by atoms with van der Waals surface area (Å²) in [6.07, 6.45) is 3.51. The van der Waals surface area contributed by atoms with Crippen LogP contribution >= 0.6 is 0 Å². The van der Waals surface area contributed by atoms with Crippen molar-refractivity contribution in [2.24, 2.45) is 0 Å². The van der Waals surface area contributed by atoms with E-state index in [-0.39, 0.29) is 18.7 Å². The Hall–Kier alpha value is -2.87. The van der Waals surface area contributed by atoms with E-state index in [0.29, 0.717) is 11.5 Å². The van der Waals surface area contributed by atoms with Crippen molar-refractivity contribution in [1.82, 2.24) is 9.97 Å². The van der Waals surface area contributed by atoms with Crippen LogP contribution in [0, 0.1) is 0 Å². The number of carbonyl (C=O) groups is 1. The zero-order valence-electron chi connectivity index (χ0n) is 14.6. The van der Waals surface area contributed by atoms with E-state index in [1.165, 1.54) is 4.90 Å². The predicted octanol–water partition coefficient (Wildman–Crippen LogP) is -0.0626. The summed E-state index contributed by atoms with van der Waals surface area (Å²) >= 11 is 0. The number of anilines is 2. The summed E-state index contributed by atoms with van der Waals surface area (Å²) in [4.78, 5) is 24.6. The van der Waals surface area contributed by atoms with Crippen molar-refractivity contribution in [3.8, 4) is 11.5 Å². The largest absolute Gasteiger partial charge is 0.454 e. The van der Waals surface area contributed by atoms with Crippen molar-refractivity contribution in [2.45, 2.75) is 13.0 Å². The lowest BCUT2D eigenvalue weighted by Gasteiger charge is -2.34. The zero-order valence-corrected chi connectivity index (χ0v) is 14.6. The van der Waals surface area contributed by atoms with Crippen LogP contribution in [0.5, 0.6) is 11.5 Å². The summed E-state index contributed by atoms with van der Waals surface area (Å²) in [5.74, 6) is 2.13. The van der Waals surface area contributed by atoms with Crippen LogP contribution in [0.25, 0.3) is 0 Å². The van der Waals surface area contributed by atoms with E-state index in [0.717, 1.165) is 37.8 Å². The second-order valence-corrected chi connectivity index (χ2v) is 6.47. The normalized spacial score (nSPS) is 17.8. The lowest BCUT2D eigenvalue weighted by Crippen LogP contribution is -3.19. The van der Waals surface area contributed by atoms with Crippen molar-refractivity contribution in [3.63, 3.8) is 0 Å². The third-order valence-corrected chi connectivity index (χ3v) is 4.89. The van der Waals surface area contributed by atoms with Crippen molar-refractivity contribution >= 4 is 17.5 Å². The maximum Gasteiger partial charge on any atom is 0.282 e. The zero-order chi connectivity index (χ0) is 17.9. The maximum atomic E-state index is 12.6. The molecule has 0 unspecified atom stereocenters. The molecule has 8 heteroatoms. The van der Waals surface area contributed by atoms with Gasteiger partial charge in [-0.05, 0) is 25.1 Å².